The van der Waals surface area contributed by atoms with Crippen LogP contribution in [0.4, 0.5) is 0 Å². The lowest BCUT2D eigenvalue weighted by molar-refractivity contribution is -0.146. The number of allylic oxidation sites excluding steroid dienone is 2. The zero-order chi connectivity index (χ0) is 16.9. The third-order valence-corrected chi connectivity index (χ3v) is 4.91. The Hall–Kier alpha value is -2.13. The fraction of sp³-hybridized carbons (Fsp3) is 0.588. The van der Waals surface area contributed by atoms with Crippen LogP contribution in [0.1, 0.15) is 33.6 Å². The van der Waals surface area contributed by atoms with Gasteiger partial charge in [-0.05, 0) is 33.3 Å². The van der Waals surface area contributed by atoms with Crippen molar-refractivity contribution in [1.29, 1.82) is 5.26 Å². The summed E-state index contributed by atoms with van der Waals surface area (Å²) in [6, 6.07) is 1.11. The molecule has 6 nitrogen and oxygen atoms in total. The molecule has 0 aromatic heterocycles. The number of likely N-dealkylation sites (tertiary alicyclic amines) is 1. The molecule has 23 heavy (non-hydrogen) atoms. The SMILES string of the molecule is CC1CCC(=O)N1C1C2=C(C=CC(C#N)C2=O)OC(C)(C)C1O. The Balaban J connectivity index is 2.14. The average Bonchev–Trinajstić information content (AvgIpc) is 2.81. The Morgan fingerprint density at radius 1 is 1.43 bits per heavy atom. The predicted octanol–water partition coefficient (Wildman–Crippen LogP) is 1.07. The number of carbonyl (C=O) groups excluding carboxylic acids is 2. The molecule has 4 atom stereocenters. The molecule has 122 valence electrons. The molecule has 0 bridgehead atoms. The summed E-state index contributed by atoms with van der Waals surface area (Å²) in [7, 11) is 0. The molecule has 1 fully saturated rings. The highest BCUT2D eigenvalue weighted by Crippen LogP contribution is 2.41. The third kappa shape index (κ3) is 2.27. The van der Waals surface area contributed by atoms with Crippen LogP contribution in [-0.4, -0.2) is 45.5 Å². The molecule has 0 aromatic carbocycles. The van der Waals surface area contributed by atoms with E-state index in [1.54, 1.807) is 24.8 Å². The van der Waals surface area contributed by atoms with E-state index in [0.717, 1.165) is 0 Å². The van der Waals surface area contributed by atoms with Crippen LogP contribution in [0.5, 0.6) is 0 Å². The van der Waals surface area contributed by atoms with Crippen molar-refractivity contribution < 1.29 is 19.4 Å². The average molecular weight is 316 g/mol. The minimum atomic E-state index is -1.04. The highest BCUT2D eigenvalue weighted by molar-refractivity contribution is 6.03. The van der Waals surface area contributed by atoms with Crippen molar-refractivity contribution in [1.82, 2.24) is 4.90 Å². The first-order valence-corrected chi connectivity index (χ1v) is 7.82. The lowest BCUT2D eigenvalue weighted by Crippen LogP contribution is -2.60. The molecule has 1 aliphatic carbocycles. The first-order valence-electron chi connectivity index (χ1n) is 7.82. The van der Waals surface area contributed by atoms with Gasteiger partial charge in [-0.1, -0.05) is 6.08 Å². The highest BCUT2D eigenvalue weighted by Gasteiger charge is 2.52. The number of hydrogen-bond acceptors (Lipinski definition) is 5. The van der Waals surface area contributed by atoms with Gasteiger partial charge in [0.1, 0.15) is 23.4 Å². The molecule has 3 rings (SSSR count). The lowest BCUT2D eigenvalue weighted by Gasteiger charge is -2.47. The fourth-order valence-electron chi connectivity index (χ4n) is 3.58. The molecule has 1 saturated heterocycles. The van der Waals surface area contributed by atoms with E-state index in [9.17, 15) is 14.7 Å². The largest absolute Gasteiger partial charge is 0.485 e. The standard InChI is InChI=1S/C17H20N2O4/c1-9-4-7-12(20)19(9)14-13-11(23-17(2,3)16(14)22)6-5-10(8-18)15(13)21/h5-6,9-10,14,16,22H,4,7H2,1-3H3. The number of ketones is 1. The number of nitriles is 1. The molecule has 0 aromatic rings. The van der Waals surface area contributed by atoms with Crippen LogP contribution in [0.25, 0.3) is 0 Å². The molecule has 4 unspecified atom stereocenters. The maximum atomic E-state index is 12.7. The van der Waals surface area contributed by atoms with E-state index in [-0.39, 0.29) is 17.5 Å². The summed E-state index contributed by atoms with van der Waals surface area (Å²) < 4.78 is 5.79. The number of Topliss-reactive ketones (excluding diaryl/α,β-unsaturated/α-hetero) is 1. The van der Waals surface area contributed by atoms with Crippen molar-refractivity contribution in [2.75, 3.05) is 0 Å². The summed E-state index contributed by atoms with van der Waals surface area (Å²) in [4.78, 5) is 26.6. The van der Waals surface area contributed by atoms with Gasteiger partial charge in [0, 0.05) is 12.5 Å². The second-order valence-corrected chi connectivity index (χ2v) is 6.89. The van der Waals surface area contributed by atoms with Crippen LogP contribution in [0.15, 0.2) is 23.5 Å². The minimum Gasteiger partial charge on any atom is -0.485 e. The Labute approximate surface area is 135 Å². The molecule has 1 amide bonds. The van der Waals surface area contributed by atoms with Gasteiger partial charge in [0.25, 0.3) is 0 Å². The van der Waals surface area contributed by atoms with Crippen LogP contribution in [0.3, 0.4) is 0 Å². The van der Waals surface area contributed by atoms with E-state index >= 15 is 0 Å². The molecule has 1 N–H and O–H groups in total. The minimum absolute atomic E-state index is 0.0657. The van der Waals surface area contributed by atoms with Crippen molar-refractivity contribution in [3.05, 3.63) is 23.5 Å². The maximum Gasteiger partial charge on any atom is 0.223 e. The number of amides is 1. The van der Waals surface area contributed by atoms with Gasteiger partial charge in [0.15, 0.2) is 5.78 Å². The van der Waals surface area contributed by atoms with E-state index in [1.165, 1.54) is 6.08 Å². The normalized spacial score (nSPS) is 35.9. The number of hydrogen-bond donors (Lipinski definition) is 1. The third-order valence-electron chi connectivity index (χ3n) is 4.91. The first-order chi connectivity index (χ1) is 10.8. The van der Waals surface area contributed by atoms with Gasteiger partial charge in [-0.3, -0.25) is 9.59 Å². The second-order valence-electron chi connectivity index (χ2n) is 6.89. The molecule has 0 saturated carbocycles. The monoisotopic (exact) mass is 316 g/mol. The molecular formula is C17H20N2O4. The predicted molar refractivity (Wildman–Crippen MR) is 80.8 cm³/mol. The van der Waals surface area contributed by atoms with E-state index < -0.39 is 29.4 Å². The van der Waals surface area contributed by atoms with Crippen LogP contribution in [0, 0.1) is 17.2 Å². The number of aliphatic hydroxyl groups excluding tert-OH is 1. The Kier molecular flexibility index (Phi) is 3.56. The van der Waals surface area contributed by atoms with Crippen molar-refractivity contribution in [2.24, 2.45) is 5.92 Å². The van der Waals surface area contributed by atoms with E-state index in [2.05, 4.69) is 0 Å². The van der Waals surface area contributed by atoms with Crippen molar-refractivity contribution in [2.45, 2.75) is 57.4 Å². The summed E-state index contributed by atoms with van der Waals surface area (Å²) in [5, 5.41) is 19.9. The van der Waals surface area contributed by atoms with Crippen LogP contribution in [0.2, 0.25) is 0 Å². The second kappa shape index (κ2) is 5.20. The number of ether oxygens (including phenoxy) is 1. The summed E-state index contributed by atoms with van der Waals surface area (Å²) in [6.07, 6.45) is 3.16. The number of aliphatic hydroxyl groups is 1. The molecule has 3 aliphatic rings. The van der Waals surface area contributed by atoms with Crippen molar-refractivity contribution in [3.8, 4) is 6.07 Å². The number of carbonyl (C=O) groups is 2. The van der Waals surface area contributed by atoms with Gasteiger partial charge >= 0.3 is 0 Å². The molecule has 2 aliphatic heterocycles. The maximum absolute atomic E-state index is 12.7. The van der Waals surface area contributed by atoms with Crippen LogP contribution < -0.4 is 0 Å². The topological polar surface area (TPSA) is 90.6 Å². The summed E-state index contributed by atoms with van der Waals surface area (Å²) in [5.41, 5.74) is -0.691. The van der Waals surface area contributed by atoms with E-state index in [4.69, 9.17) is 10.00 Å². The van der Waals surface area contributed by atoms with Gasteiger partial charge < -0.3 is 14.7 Å². The molecule has 0 spiro atoms. The van der Waals surface area contributed by atoms with Gasteiger partial charge in [-0.25, -0.2) is 0 Å². The molecule has 6 heteroatoms. The van der Waals surface area contributed by atoms with Gasteiger partial charge in [0.05, 0.1) is 17.7 Å². The summed E-state index contributed by atoms with van der Waals surface area (Å²) >= 11 is 0. The number of rotatable bonds is 1. The molecule has 0 radical (unpaired) electrons. The van der Waals surface area contributed by atoms with Gasteiger partial charge in [0.2, 0.25) is 5.91 Å². The highest BCUT2D eigenvalue weighted by atomic mass is 16.5. The Bertz CT molecular complexity index is 671. The number of nitrogens with zero attached hydrogens (tertiary/aromatic N) is 2. The molecule has 2 heterocycles. The van der Waals surface area contributed by atoms with Gasteiger partial charge in [-0.15, -0.1) is 0 Å². The van der Waals surface area contributed by atoms with Crippen molar-refractivity contribution >= 4 is 11.7 Å². The Morgan fingerprint density at radius 2 is 2.13 bits per heavy atom. The molecular weight excluding hydrogens is 296 g/mol. The first kappa shape index (κ1) is 15.8. The van der Waals surface area contributed by atoms with Gasteiger partial charge in [-0.2, -0.15) is 5.26 Å². The summed E-state index contributed by atoms with van der Waals surface area (Å²) in [6.45, 7) is 5.37. The Morgan fingerprint density at radius 3 is 2.70 bits per heavy atom. The fourth-order valence-corrected chi connectivity index (χ4v) is 3.58. The smallest absolute Gasteiger partial charge is 0.223 e. The lowest BCUT2D eigenvalue weighted by atomic mass is 9.78. The quantitative estimate of drug-likeness (QED) is 0.781. The zero-order valence-electron chi connectivity index (χ0n) is 13.4. The van der Waals surface area contributed by atoms with E-state index in [0.29, 0.717) is 18.6 Å². The van der Waals surface area contributed by atoms with E-state index in [1.807, 2.05) is 13.0 Å². The van der Waals surface area contributed by atoms with Crippen LogP contribution in [-0.2, 0) is 14.3 Å². The summed E-state index contributed by atoms with van der Waals surface area (Å²) in [5.74, 6) is -1.02. The van der Waals surface area contributed by atoms with Crippen molar-refractivity contribution in [3.63, 3.8) is 0 Å². The zero-order valence-corrected chi connectivity index (χ0v) is 13.4. The van der Waals surface area contributed by atoms with Crippen LogP contribution >= 0.6 is 0 Å².